The molecule has 0 heterocycles. The van der Waals surface area contributed by atoms with Crippen molar-refractivity contribution in [1.82, 2.24) is 5.32 Å². The Balaban J connectivity index is 1.85. The minimum absolute atomic E-state index is 0.0158. The molecule has 0 aliphatic carbocycles. The van der Waals surface area contributed by atoms with Crippen LogP contribution < -0.4 is 10.1 Å². The smallest absolute Gasteiger partial charge is 0.254 e. The first-order valence-electron chi connectivity index (χ1n) is 7.39. The number of rotatable bonds is 6. The lowest BCUT2D eigenvalue weighted by atomic mass is 10.1. The molecule has 0 unspecified atom stereocenters. The van der Waals surface area contributed by atoms with Crippen LogP contribution in [-0.2, 0) is 0 Å². The summed E-state index contributed by atoms with van der Waals surface area (Å²) in [5.74, 6) is -0.424. The number of benzene rings is 2. The molecule has 2 aromatic carbocycles. The van der Waals surface area contributed by atoms with E-state index in [1.807, 2.05) is 32.0 Å². The zero-order valence-electron chi connectivity index (χ0n) is 13.2. The summed E-state index contributed by atoms with van der Waals surface area (Å²) in [5.41, 5.74) is 1.91. The second kappa shape index (κ2) is 7.74. The van der Waals surface area contributed by atoms with Gasteiger partial charge in [-0.15, -0.1) is 0 Å². The molecular formula is C18H20FNO3. The number of carbonyl (C=O) groups is 1. The quantitative estimate of drug-likeness (QED) is 0.861. The number of carbonyl (C=O) groups excluding carboxylic acids is 1. The van der Waals surface area contributed by atoms with Crippen molar-refractivity contribution in [1.29, 1.82) is 0 Å². The van der Waals surface area contributed by atoms with Crippen LogP contribution >= 0.6 is 0 Å². The summed E-state index contributed by atoms with van der Waals surface area (Å²) >= 11 is 0. The number of nitrogens with one attached hydrogen (secondary N) is 1. The van der Waals surface area contributed by atoms with Gasteiger partial charge in [-0.05, 0) is 37.1 Å². The zero-order chi connectivity index (χ0) is 16.8. The Bertz CT molecular complexity index is 667. The molecule has 0 radical (unpaired) electrons. The molecule has 0 bridgehead atoms. The fourth-order valence-corrected chi connectivity index (χ4v) is 2.22. The van der Waals surface area contributed by atoms with Gasteiger partial charge in [0.25, 0.3) is 5.91 Å². The maximum absolute atomic E-state index is 13.5. The molecule has 0 saturated carbocycles. The van der Waals surface area contributed by atoms with Gasteiger partial charge in [0, 0.05) is 6.54 Å². The summed E-state index contributed by atoms with van der Waals surface area (Å²) in [6.07, 6.45) is -0.885. The minimum atomic E-state index is -0.885. The van der Waals surface area contributed by atoms with Crippen molar-refractivity contribution in [3.8, 4) is 5.75 Å². The van der Waals surface area contributed by atoms with E-state index < -0.39 is 17.8 Å². The second-order valence-corrected chi connectivity index (χ2v) is 5.38. The molecule has 122 valence electrons. The average Bonchev–Trinajstić information content (AvgIpc) is 2.52. The van der Waals surface area contributed by atoms with Crippen LogP contribution in [0.15, 0.2) is 42.5 Å². The Labute approximate surface area is 134 Å². The molecular weight excluding hydrogens is 297 g/mol. The molecule has 23 heavy (non-hydrogen) atoms. The number of para-hydroxylation sites is 1. The van der Waals surface area contributed by atoms with Gasteiger partial charge in [-0.25, -0.2) is 4.39 Å². The monoisotopic (exact) mass is 317 g/mol. The molecule has 0 aliphatic heterocycles. The maximum atomic E-state index is 13.5. The summed E-state index contributed by atoms with van der Waals surface area (Å²) in [6.45, 7) is 3.88. The first-order valence-corrected chi connectivity index (χ1v) is 7.39. The molecule has 0 saturated heterocycles. The molecule has 1 atom stereocenters. The van der Waals surface area contributed by atoms with Gasteiger partial charge < -0.3 is 15.2 Å². The van der Waals surface area contributed by atoms with Gasteiger partial charge >= 0.3 is 0 Å². The second-order valence-electron chi connectivity index (χ2n) is 5.38. The van der Waals surface area contributed by atoms with Gasteiger partial charge in [0.1, 0.15) is 24.3 Å². The lowest BCUT2D eigenvalue weighted by molar-refractivity contribution is 0.0838. The van der Waals surface area contributed by atoms with E-state index in [2.05, 4.69) is 5.32 Å². The predicted octanol–water partition coefficient (Wildman–Crippen LogP) is 2.61. The fourth-order valence-electron chi connectivity index (χ4n) is 2.22. The van der Waals surface area contributed by atoms with E-state index in [1.165, 1.54) is 18.2 Å². The van der Waals surface area contributed by atoms with E-state index in [0.717, 1.165) is 16.9 Å². The van der Waals surface area contributed by atoms with Crippen LogP contribution in [0.1, 0.15) is 21.5 Å². The highest BCUT2D eigenvalue weighted by Crippen LogP contribution is 2.22. The third-order valence-electron chi connectivity index (χ3n) is 3.45. The van der Waals surface area contributed by atoms with Gasteiger partial charge in [0.15, 0.2) is 0 Å². The van der Waals surface area contributed by atoms with E-state index in [-0.39, 0.29) is 18.7 Å². The predicted molar refractivity (Wildman–Crippen MR) is 86.2 cm³/mol. The van der Waals surface area contributed by atoms with Crippen molar-refractivity contribution >= 4 is 5.91 Å². The van der Waals surface area contributed by atoms with Gasteiger partial charge in [-0.3, -0.25) is 4.79 Å². The summed E-state index contributed by atoms with van der Waals surface area (Å²) < 4.78 is 19.1. The van der Waals surface area contributed by atoms with Crippen LogP contribution in [0.4, 0.5) is 4.39 Å². The normalized spacial score (nSPS) is 11.8. The molecule has 0 aliphatic rings. The van der Waals surface area contributed by atoms with Crippen molar-refractivity contribution in [2.24, 2.45) is 0 Å². The van der Waals surface area contributed by atoms with Crippen LogP contribution in [0.25, 0.3) is 0 Å². The standard InChI is InChI=1S/C18H20FNO3/c1-12-6-5-7-13(2)17(12)23-11-14(21)10-20-18(22)15-8-3-4-9-16(15)19/h3-9,14,21H,10-11H2,1-2H3,(H,20,22)/t14-/m1/s1. The van der Waals surface area contributed by atoms with Gasteiger partial charge in [0.05, 0.1) is 5.56 Å². The fraction of sp³-hybridized carbons (Fsp3) is 0.278. The van der Waals surface area contributed by atoms with Crippen molar-refractivity contribution < 1.29 is 19.0 Å². The molecule has 0 spiro atoms. The number of hydrogen-bond donors (Lipinski definition) is 2. The molecule has 2 rings (SSSR count). The van der Waals surface area contributed by atoms with Crippen molar-refractivity contribution in [3.05, 3.63) is 65.0 Å². The number of aryl methyl sites for hydroxylation is 2. The Morgan fingerprint density at radius 3 is 2.48 bits per heavy atom. The van der Waals surface area contributed by atoms with E-state index in [1.54, 1.807) is 6.07 Å². The maximum Gasteiger partial charge on any atom is 0.254 e. The Morgan fingerprint density at radius 2 is 1.83 bits per heavy atom. The zero-order valence-corrected chi connectivity index (χ0v) is 13.2. The highest BCUT2D eigenvalue weighted by Gasteiger charge is 2.13. The van der Waals surface area contributed by atoms with Crippen LogP contribution in [-0.4, -0.2) is 30.3 Å². The highest BCUT2D eigenvalue weighted by atomic mass is 19.1. The van der Waals surface area contributed by atoms with E-state index in [9.17, 15) is 14.3 Å². The molecule has 1 amide bonds. The highest BCUT2D eigenvalue weighted by molar-refractivity contribution is 5.94. The van der Waals surface area contributed by atoms with Gasteiger partial charge in [0.2, 0.25) is 0 Å². The topological polar surface area (TPSA) is 58.6 Å². The molecule has 2 aromatic rings. The third kappa shape index (κ3) is 4.53. The SMILES string of the molecule is Cc1cccc(C)c1OC[C@H](O)CNC(=O)c1ccccc1F. The lowest BCUT2D eigenvalue weighted by Gasteiger charge is -2.16. The Hall–Kier alpha value is -2.40. The van der Waals surface area contributed by atoms with Crippen molar-refractivity contribution in [2.45, 2.75) is 20.0 Å². The summed E-state index contributed by atoms with van der Waals surface area (Å²) in [5, 5.41) is 12.4. The molecule has 5 heteroatoms. The Kier molecular flexibility index (Phi) is 5.71. The van der Waals surface area contributed by atoms with Crippen LogP contribution in [0.2, 0.25) is 0 Å². The number of aliphatic hydroxyl groups is 1. The molecule has 0 fully saturated rings. The molecule has 4 nitrogen and oxygen atoms in total. The number of hydrogen-bond acceptors (Lipinski definition) is 3. The summed E-state index contributed by atoms with van der Waals surface area (Å²) in [6, 6.07) is 11.5. The van der Waals surface area contributed by atoms with Crippen molar-refractivity contribution in [3.63, 3.8) is 0 Å². The van der Waals surface area contributed by atoms with E-state index in [4.69, 9.17) is 4.74 Å². The van der Waals surface area contributed by atoms with Crippen LogP contribution in [0, 0.1) is 19.7 Å². The number of amides is 1. The molecule has 2 N–H and O–H groups in total. The summed E-state index contributed by atoms with van der Waals surface area (Å²) in [7, 11) is 0. The minimum Gasteiger partial charge on any atom is -0.490 e. The largest absolute Gasteiger partial charge is 0.490 e. The summed E-state index contributed by atoms with van der Waals surface area (Å²) in [4.78, 5) is 11.8. The Morgan fingerprint density at radius 1 is 1.17 bits per heavy atom. The average molecular weight is 317 g/mol. The number of halogens is 1. The first-order chi connectivity index (χ1) is 11.0. The first kappa shape index (κ1) is 17.0. The van der Waals surface area contributed by atoms with E-state index in [0.29, 0.717) is 0 Å². The van der Waals surface area contributed by atoms with Crippen LogP contribution in [0.3, 0.4) is 0 Å². The number of ether oxygens (including phenoxy) is 1. The van der Waals surface area contributed by atoms with Gasteiger partial charge in [-0.2, -0.15) is 0 Å². The third-order valence-corrected chi connectivity index (χ3v) is 3.45. The number of aliphatic hydroxyl groups excluding tert-OH is 1. The van der Waals surface area contributed by atoms with Gasteiger partial charge in [-0.1, -0.05) is 30.3 Å². The molecule has 0 aromatic heterocycles. The van der Waals surface area contributed by atoms with Crippen molar-refractivity contribution in [2.75, 3.05) is 13.2 Å². The van der Waals surface area contributed by atoms with Crippen LogP contribution in [0.5, 0.6) is 5.75 Å². The van der Waals surface area contributed by atoms with E-state index >= 15 is 0 Å². The lowest BCUT2D eigenvalue weighted by Crippen LogP contribution is -2.35.